The monoisotopic (exact) mass is 466 g/mol. The average molecular weight is 467 g/mol. The van der Waals surface area contributed by atoms with Crippen LogP contribution in [0.1, 0.15) is 47.3 Å². The van der Waals surface area contributed by atoms with Gasteiger partial charge in [0.25, 0.3) is 5.91 Å². The van der Waals surface area contributed by atoms with Gasteiger partial charge in [-0.1, -0.05) is 13.3 Å². The third-order valence-corrected chi connectivity index (χ3v) is 7.92. The van der Waals surface area contributed by atoms with Crippen LogP contribution in [0.4, 0.5) is 5.69 Å². The second-order valence-corrected chi connectivity index (χ2v) is 10.9. The van der Waals surface area contributed by atoms with Crippen LogP contribution < -0.4 is 10.1 Å². The van der Waals surface area contributed by atoms with Gasteiger partial charge in [-0.15, -0.1) is 11.3 Å². The molecular formula is C22H30N2O5S2. The quantitative estimate of drug-likeness (QED) is 0.634. The Bertz CT molecular complexity index is 1020. The van der Waals surface area contributed by atoms with E-state index < -0.39 is 10.0 Å². The number of carbonyl (C=O) groups excluding carboxylic acids is 1. The second-order valence-electron chi connectivity index (χ2n) is 7.74. The Hall–Kier alpha value is -1.94. The van der Waals surface area contributed by atoms with Crippen molar-refractivity contribution < 1.29 is 22.7 Å². The van der Waals surface area contributed by atoms with E-state index in [4.69, 9.17) is 9.47 Å². The molecule has 170 valence electrons. The zero-order valence-electron chi connectivity index (χ0n) is 18.4. The number of benzene rings is 1. The van der Waals surface area contributed by atoms with Gasteiger partial charge in [0.05, 0.1) is 34.8 Å². The highest BCUT2D eigenvalue weighted by atomic mass is 32.2. The van der Waals surface area contributed by atoms with Gasteiger partial charge in [0.1, 0.15) is 5.75 Å². The van der Waals surface area contributed by atoms with Crippen molar-refractivity contribution in [3.63, 3.8) is 0 Å². The minimum Gasteiger partial charge on any atom is -0.489 e. The Kier molecular flexibility index (Phi) is 7.74. The Balaban J connectivity index is 1.92. The van der Waals surface area contributed by atoms with Gasteiger partial charge in [-0.05, 0) is 57.0 Å². The lowest BCUT2D eigenvalue weighted by molar-refractivity contribution is 0.0730. The molecule has 31 heavy (non-hydrogen) atoms. The fourth-order valence-corrected chi connectivity index (χ4v) is 5.79. The minimum atomic E-state index is -3.69. The predicted molar refractivity (Wildman–Crippen MR) is 123 cm³/mol. The van der Waals surface area contributed by atoms with Crippen LogP contribution in [0, 0.1) is 6.92 Å². The molecule has 1 aromatic heterocycles. The molecule has 0 bridgehead atoms. The first-order valence-electron chi connectivity index (χ1n) is 10.5. The predicted octanol–water partition coefficient (Wildman–Crippen LogP) is 4.07. The molecule has 1 aliphatic rings. The maximum Gasteiger partial charge on any atom is 0.265 e. The summed E-state index contributed by atoms with van der Waals surface area (Å²) in [6, 6.07) is 6.52. The molecule has 2 heterocycles. The molecule has 0 spiro atoms. The van der Waals surface area contributed by atoms with E-state index in [2.05, 4.69) is 12.2 Å². The van der Waals surface area contributed by atoms with E-state index in [0.717, 1.165) is 17.7 Å². The van der Waals surface area contributed by atoms with Crippen molar-refractivity contribution in [1.82, 2.24) is 4.31 Å². The van der Waals surface area contributed by atoms with Crippen LogP contribution in [0.15, 0.2) is 29.2 Å². The first-order chi connectivity index (χ1) is 14.7. The van der Waals surface area contributed by atoms with Crippen molar-refractivity contribution >= 4 is 33.0 Å². The second kappa shape index (κ2) is 10.1. The van der Waals surface area contributed by atoms with Crippen molar-refractivity contribution in [1.29, 1.82) is 0 Å². The van der Waals surface area contributed by atoms with Gasteiger partial charge in [0, 0.05) is 18.0 Å². The molecule has 0 aliphatic carbocycles. The zero-order chi connectivity index (χ0) is 22.6. The number of nitrogens with zero attached hydrogens (tertiary/aromatic N) is 1. The van der Waals surface area contributed by atoms with E-state index in [9.17, 15) is 13.2 Å². The summed E-state index contributed by atoms with van der Waals surface area (Å²) in [5.74, 6) is 0.163. The first kappa shape index (κ1) is 23.7. The van der Waals surface area contributed by atoms with Crippen LogP contribution in [0.3, 0.4) is 0 Å². The lowest BCUT2D eigenvalue weighted by Crippen LogP contribution is -2.40. The average Bonchev–Trinajstić information content (AvgIpc) is 3.10. The number of thiophene rings is 1. The summed E-state index contributed by atoms with van der Waals surface area (Å²) in [5, 5.41) is 2.87. The lowest BCUT2D eigenvalue weighted by atomic mass is 10.1. The largest absolute Gasteiger partial charge is 0.489 e. The van der Waals surface area contributed by atoms with Gasteiger partial charge in [-0.2, -0.15) is 4.31 Å². The maximum atomic E-state index is 13.1. The molecule has 3 rings (SSSR count). The number of hydrogen-bond acceptors (Lipinski definition) is 6. The molecule has 1 saturated heterocycles. The number of nitrogens with one attached hydrogen (secondary N) is 1. The van der Waals surface area contributed by atoms with Gasteiger partial charge >= 0.3 is 0 Å². The van der Waals surface area contributed by atoms with Gasteiger partial charge in [-0.3, -0.25) is 4.79 Å². The summed E-state index contributed by atoms with van der Waals surface area (Å²) in [6.45, 7) is 9.23. The van der Waals surface area contributed by atoms with Crippen molar-refractivity contribution in [2.45, 2.75) is 51.5 Å². The van der Waals surface area contributed by atoms with E-state index in [1.807, 2.05) is 26.8 Å². The van der Waals surface area contributed by atoms with E-state index in [1.165, 1.54) is 33.3 Å². The molecule has 1 N–H and O–H groups in total. The van der Waals surface area contributed by atoms with Crippen LogP contribution >= 0.6 is 11.3 Å². The Labute approximate surface area is 188 Å². The van der Waals surface area contributed by atoms with Gasteiger partial charge in [0.2, 0.25) is 10.0 Å². The number of carbonyl (C=O) groups is 1. The zero-order valence-corrected chi connectivity index (χ0v) is 20.1. The van der Waals surface area contributed by atoms with Gasteiger partial charge in [0.15, 0.2) is 0 Å². The summed E-state index contributed by atoms with van der Waals surface area (Å²) >= 11 is 1.44. The van der Waals surface area contributed by atoms with Crippen LogP contribution in [0.5, 0.6) is 5.75 Å². The SMILES string of the molecule is CCCc1cc(C(=O)Nc2cc(S(=O)(=O)N3CCOCC3)ccc2OC(C)C)sc1C. The molecule has 0 unspecified atom stereocenters. The number of rotatable bonds is 8. The molecule has 1 aromatic carbocycles. The highest BCUT2D eigenvalue weighted by molar-refractivity contribution is 7.89. The Morgan fingerprint density at radius 3 is 2.61 bits per heavy atom. The summed E-state index contributed by atoms with van der Waals surface area (Å²) in [7, 11) is -3.69. The molecule has 9 heteroatoms. The summed E-state index contributed by atoms with van der Waals surface area (Å²) in [4.78, 5) is 14.8. The molecule has 0 saturated carbocycles. The molecule has 1 aliphatic heterocycles. The third-order valence-electron chi connectivity index (χ3n) is 4.93. The first-order valence-corrected chi connectivity index (χ1v) is 12.8. The molecule has 7 nitrogen and oxygen atoms in total. The number of ether oxygens (including phenoxy) is 2. The topological polar surface area (TPSA) is 84.9 Å². The standard InChI is InChI=1S/C22H30N2O5S2/c1-5-6-17-13-21(30-16(17)4)22(25)23-19-14-18(7-8-20(19)29-15(2)3)31(26,27)24-9-11-28-12-10-24/h7-8,13-15H,5-6,9-12H2,1-4H3,(H,23,25). The molecule has 2 aromatic rings. The molecular weight excluding hydrogens is 436 g/mol. The third kappa shape index (κ3) is 5.65. The fraction of sp³-hybridized carbons (Fsp3) is 0.500. The van der Waals surface area contributed by atoms with Crippen LogP contribution in [0.25, 0.3) is 0 Å². The highest BCUT2D eigenvalue weighted by Crippen LogP contribution is 2.32. The number of amides is 1. The highest BCUT2D eigenvalue weighted by Gasteiger charge is 2.27. The van der Waals surface area contributed by atoms with E-state index in [0.29, 0.717) is 42.6 Å². The Morgan fingerprint density at radius 1 is 1.26 bits per heavy atom. The van der Waals surface area contributed by atoms with Crippen LogP contribution in [0.2, 0.25) is 0 Å². The molecule has 0 radical (unpaired) electrons. The maximum absolute atomic E-state index is 13.1. The number of morpholine rings is 1. The summed E-state index contributed by atoms with van der Waals surface area (Å²) < 4.78 is 38.6. The van der Waals surface area contributed by atoms with Gasteiger partial charge in [-0.25, -0.2) is 8.42 Å². The summed E-state index contributed by atoms with van der Waals surface area (Å²) in [5.41, 5.74) is 1.51. The van der Waals surface area contributed by atoms with Crippen molar-refractivity contribution in [3.8, 4) is 5.75 Å². The van der Waals surface area contributed by atoms with Crippen LogP contribution in [-0.4, -0.2) is 51.0 Å². The van der Waals surface area contributed by atoms with Crippen molar-refractivity contribution in [2.24, 2.45) is 0 Å². The normalized spacial score (nSPS) is 15.3. The molecule has 1 fully saturated rings. The van der Waals surface area contributed by atoms with Crippen molar-refractivity contribution in [2.75, 3.05) is 31.6 Å². The number of hydrogen-bond donors (Lipinski definition) is 1. The minimum absolute atomic E-state index is 0.120. The van der Waals surface area contributed by atoms with E-state index in [-0.39, 0.29) is 16.9 Å². The van der Waals surface area contributed by atoms with E-state index in [1.54, 1.807) is 6.07 Å². The molecule has 0 atom stereocenters. The summed E-state index contributed by atoms with van der Waals surface area (Å²) in [6.07, 6.45) is 1.80. The van der Waals surface area contributed by atoms with E-state index >= 15 is 0 Å². The van der Waals surface area contributed by atoms with Crippen LogP contribution in [-0.2, 0) is 21.2 Å². The molecule has 1 amide bonds. The fourth-order valence-electron chi connectivity index (χ4n) is 3.39. The number of aryl methyl sites for hydroxylation is 2. The number of anilines is 1. The van der Waals surface area contributed by atoms with Gasteiger partial charge < -0.3 is 14.8 Å². The van der Waals surface area contributed by atoms with Crippen molar-refractivity contribution in [3.05, 3.63) is 39.6 Å². The smallest absolute Gasteiger partial charge is 0.265 e. The lowest BCUT2D eigenvalue weighted by Gasteiger charge is -2.26. The number of sulfonamides is 1. The Morgan fingerprint density at radius 2 is 1.97 bits per heavy atom.